The highest BCUT2D eigenvalue weighted by atomic mass is 16.5. The van der Waals surface area contributed by atoms with Crippen LogP contribution in [0.4, 0.5) is 0 Å². The molecule has 0 N–H and O–H groups in total. The molecule has 6 heteroatoms. The minimum Gasteiger partial charge on any atom is -0.469 e. The minimum atomic E-state index is -0.725. The molecule has 0 heterocycles. The molecule has 0 aromatic heterocycles. The first-order chi connectivity index (χ1) is 8.54. The zero-order valence-corrected chi connectivity index (χ0v) is 10.5. The van der Waals surface area contributed by atoms with E-state index in [0.717, 1.165) is 0 Å². The van der Waals surface area contributed by atoms with Gasteiger partial charge in [-0.25, -0.2) is 0 Å². The molecule has 100 valence electrons. The van der Waals surface area contributed by atoms with Crippen LogP contribution in [0.25, 0.3) is 0 Å². The number of hydrogen-bond acceptors (Lipinski definition) is 6. The van der Waals surface area contributed by atoms with E-state index in [1.807, 2.05) is 0 Å². The van der Waals surface area contributed by atoms with Crippen LogP contribution in [0.5, 0.6) is 0 Å². The molecule has 6 nitrogen and oxygen atoms in total. The molecular weight excluding hydrogens is 240 g/mol. The molecule has 18 heavy (non-hydrogen) atoms. The molecule has 0 aromatic carbocycles. The van der Waals surface area contributed by atoms with Crippen LogP contribution in [0, 0.1) is 17.8 Å². The van der Waals surface area contributed by atoms with Crippen LogP contribution in [-0.4, -0.2) is 39.2 Å². The zero-order chi connectivity index (χ0) is 13.7. The van der Waals surface area contributed by atoms with Gasteiger partial charge >= 0.3 is 17.9 Å². The molecule has 0 fully saturated rings. The summed E-state index contributed by atoms with van der Waals surface area (Å²) in [4.78, 5) is 34.6. The van der Waals surface area contributed by atoms with Gasteiger partial charge in [0.1, 0.15) is 0 Å². The Kier molecular flexibility index (Phi) is 4.88. The van der Waals surface area contributed by atoms with Gasteiger partial charge in [0.05, 0.1) is 39.1 Å². The third-order valence-electron chi connectivity index (χ3n) is 2.97. The average Bonchev–Trinajstić information content (AvgIpc) is 2.43. The maximum atomic E-state index is 11.6. The van der Waals surface area contributed by atoms with E-state index in [9.17, 15) is 14.4 Å². The van der Waals surface area contributed by atoms with Crippen molar-refractivity contribution in [3.63, 3.8) is 0 Å². The predicted octanol–water partition coefficient (Wildman–Crippen LogP) is 0.314. The van der Waals surface area contributed by atoms with E-state index >= 15 is 0 Å². The Morgan fingerprint density at radius 3 is 1.94 bits per heavy atom. The van der Waals surface area contributed by atoms with Crippen LogP contribution >= 0.6 is 0 Å². The van der Waals surface area contributed by atoms with Crippen LogP contribution in [0.1, 0.15) is 6.42 Å². The van der Waals surface area contributed by atoms with Crippen molar-refractivity contribution in [3.8, 4) is 0 Å². The second kappa shape index (κ2) is 6.18. The van der Waals surface area contributed by atoms with Crippen molar-refractivity contribution in [2.75, 3.05) is 21.3 Å². The molecule has 0 unspecified atom stereocenters. The molecule has 0 spiro atoms. The van der Waals surface area contributed by atoms with Gasteiger partial charge in [-0.05, 0) is 6.42 Å². The smallest absolute Gasteiger partial charge is 0.313 e. The fourth-order valence-corrected chi connectivity index (χ4v) is 1.99. The lowest BCUT2D eigenvalue weighted by atomic mass is 9.79. The van der Waals surface area contributed by atoms with Gasteiger partial charge in [0, 0.05) is 0 Å². The second-order valence-corrected chi connectivity index (χ2v) is 3.93. The van der Waals surface area contributed by atoms with Crippen molar-refractivity contribution in [1.82, 2.24) is 0 Å². The molecule has 0 bridgehead atoms. The van der Waals surface area contributed by atoms with Gasteiger partial charge in [0.2, 0.25) is 0 Å². The molecule has 0 saturated carbocycles. The van der Waals surface area contributed by atoms with E-state index in [1.54, 1.807) is 6.08 Å². The van der Waals surface area contributed by atoms with Crippen molar-refractivity contribution in [2.24, 2.45) is 17.8 Å². The van der Waals surface area contributed by atoms with Gasteiger partial charge < -0.3 is 14.2 Å². The fraction of sp³-hybridized carbons (Fsp3) is 0.583. The monoisotopic (exact) mass is 256 g/mol. The number of methoxy groups -OCH3 is 3. The Balaban J connectivity index is 2.94. The SMILES string of the molecule is COC(=O)[C@@H]1C=C[C@H](C(=O)OC)[C@@H](C(=O)OC)C1. The van der Waals surface area contributed by atoms with E-state index in [4.69, 9.17) is 0 Å². The second-order valence-electron chi connectivity index (χ2n) is 3.93. The Morgan fingerprint density at radius 1 is 0.889 bits per heavy atom. The summed E-state index contributed by atoms with van der Waals surface area (Å²) in [6.45, 7) is 0. The van der Waals surface area contributed by atoms with Crippen molar-refractivity contribution in [2.45, 2.75) is 6.42 Å². The number of esters is 3. The van der Waals surface area contributed by atoms with Crippen LogP contribution in [0.2, 0.25) is 0 Å². The molecule has 0 saturated heterocycles. The van der Waals surface area contributed by atoms with E-state index in [1.165, 1.54) is 27.4 Å². The number of carbonyl (C=O) groups is 3. The van der Waals surface area contributed by atoms with E-state index < -0.39 is 35.7 Å². The molecule has 3 atom stereocenters. The first-order valence-corrected chi connectivity index (χ1v) is 5.47. The van der Waals surface area contributed by atoms with Crippen LogP contribution in [0.15, 0.2) is 12.2 Å². The third kappa shape index (κ3) is 2.88. The molecule has 0 radical (unpaired) electrons. The van der Waals surface area contributed by atoms with Crippen molar-refractivity contribution >= 4 is 17.9 Å². The third-order valence-corrected chi connectivity index (χ3v) is 2.97. The normalized spacial score (nSPS) is 26.3. The summed E-state index contributed by atoms with van der Waals surface area (Å²) in [7, 11) is 3.76. The lowest BCUT2D eigenvalue weighted by Crippen LogP contribution is -2.36. The fourth-order valence-electron chi connectivity index (χ4n) is 1.99. The lowest BCUT2D eigenvalue weighted by molar-refractivity contribution is -0.158. The topological polar surface area (TPSA) is 78.9 Å². The molecule has 1 rings (SSSR count). The number of carbonyl (C=O) groups excluding carboxylic acids is 3. The zero-order valence-electron chi connectivity index (χ0n) is 10.5. The van der Waals surface area contributed by atoms with Crippen molar-refractivity contribution in [3.05, 3.63) is 12.2 Å². The Bertz CT molecular complexity index is 373. The molecule has 0 aliphatic heterocycles. The van der Waals surface area contributed by atoms with Gasteiger partial charge in [0.25, 0.3) is 0 Å². The molecule has 0 aromatic rings. The summed E-state index contributed by atoms with van der Waals surface area (Å²) >= 11 is 0. The van der Waals surface area contributed by atoms with Gasteiger partial charge in [-0.3, -0.25) is 14.4 Å². The maximum absolute atomic E-state index is 11.6. The van der Waals surface area contributed by atoms with E-state index in [2.05, 4.69) is 14.2 Å². The van der Waals surface area contributed by atoms with Gasteiger partial charge in [-0.1, -0.05) is 12.2 Å². The highest BCUT2D eigenvalue weighted by Gasteiger charge is 2.39. The van der Waals surface area contributed by atoms with Crippen LogP contribution in [-0.2, 0) is 28.6 Å². The summed E-state index contributed by atoms with van der Waals surface area (Å²) < 4.78 is 13.9. The van der Waals surface area contributed by atoms with Crippen LogP contribution < -0.4 is 0 Å². The Labute approximate surface area is 105 Å². The average molecular weight is 256 g/mol. The quantitative estimate of drug-likeness (QED) is 0.411. The first kappa shape index (κ1) is 14.2. The predicted molar refractivity (Wildman–Crippen MR) is 60.3 cm³/mol. The highest BCUT2D eigenvalue weighted by molar-refractivity contribution is 5.85. The molecule has 1 aliphatic rings. The summed E-state index contributed by atoms with van der Waals surface area (Å²) in [6, 6.07) is 0. The van der Waals surface area contributed by atoms with Crippen LogP contribution in [0.3, 0.4) is 0 Å². The summed E-state index contributed by atoms with van der Waals surface area (Å²) in [5, 5.41) is 0. The van der Waals surface area contributed by atoms with Crippen molar-refractivity contribution < 1.29 is 28.6 Å². The largest absolute Gasteiger partial charge is 0.469 e. The maximum Gasteiger partial charge on any atom is 0.313 e. The lowest BCUT2D eigenvalue weighted by Gasteiger charge is -2.27. The number of ether oxygens (including phenoxy) is 3. The Hall–Kier alpha value is -1.85. The standard InChI is InChI=1S/C12H16O6/c1-16-10(13)7-4-5-8(11(14)17-2)9(6-7)12(15)18-3/h4-5,7-9H,6H2,1-3H3/t7-,8+,9+/m1/s1. The molecule has 1 aliphatic carbocycles. The minimum absolute atomic E-state index is 0.176. The van der Waals surface area contributed by atoms with E-state index in [-0.39, 0.29) is 6.42 Å². The molecule has 0 amide bonds. The van der Waals surface area contributed by atoms with Gasteiger partial charge in [-0.2, -0.15) is 0 Å². The van der Waals surface area contributed by atoms with E-state index in [0.29, 0.717) is 0 Å². The summed E-state index contributed by atoms with van der Waals surface area (Å²) in [5.74, 6) is -3.49. The molecular formula is C12H16O6. The van der Waals surface area contributed by atoms with Crippen molar-refractivity contribution in [1.29, 1.82) is 0 Å². The number of rotatable bonds is 3. The first-order valence-electron chi connectivity index (χ1n) is 5.47. The summed E-state index contributed by atoms with van der Waals surface area (Å²) in [6.07, 6.45) is 3.24. The van der Waals surface area contributed by atoms with Gasteiger partial charge in [0.15, 0.2) is 0 Å². The highest BCUT2D eigenvalue weighted by Crippen LogP contribution is 2.31. The number of hydrogen-bond donors (Lipinski definition) is 0. The summed E-state index contributed by atoms with van der Waals surface area (Å²) in [5.41, 5.74) is 0. The van der Waals surface area contributed by atoms with Gasteiger partial charge in [-0.15, -0.1) is 0 Å². The Morgan fingerprint density at radius 2 is 1.44 bits per heavy atom.